The summed E-state index contributed by atoms with van der Waals surface area (Å²) >= 11 is 0. The highest BCUT2D eigenvalue weighted by atomic mass is 32.2. The van der Waals surface area contributed by atoms with Crippen LogP contribution in [0.3, 0.4) is 0 Å². The number of hydrogen-bond donors (Lipinski definition) is 1. The molecular formula is C20H23N3O2S. The lowest BCUT2D eigenvalue weighted by Gasteiger charge is -2.28. The second-order valence-electron chi connectivity index (χ2n) is 6.47. The van der Waals surface area contributed by atoms with Crippen LogP contribution in [-0.4, -0.2) is 28.1 Å². The van der Waals surface area contributed by atoms with E-state index in [0.717, 1.165) is 18.7 Å². The van der Waals surface area contributed by atoms with Gasteiger partial charge in [-0.15, -0.1) is 0 Å². The molecule has 0 spiro atoms. The average molecular weight is 369 g/mol. The summed E-state index contributed by atoms with van der Waals surface area (Å²) in [6.45, 7) is 2.51. The molecule has 1 aliphatic heterocycles. The third-order valence-electron chi connectivity index (χ3n) is 4.66. The summed E-state index contributed by atoms with van der Waals surface area (Å²) in [4.78, 5) is 2.43. The number of nitriles is 1. The molecule has 2 aromatic carbocycles. The molecule has 2 aromatic rings. The zero-order chi connectivity index (χ0) is 18.4. The number of benzene rings is 2. The van der Waals surface area contributed by atoms with Gasteiger partial charge >= 0.3 is 0 Å². The highest BCUT2D eigenvalue weighted by molar-refractivity contribution is 7.89. The van der Waals surface area contributed by atoms with Crippen molar-refractivity contribution in [2.24, 2.45) is 0 Å². The van der Waals surface area contributed by atoms with Crippen molar-refractivity contribution < 1.29 is 8.42 Å². The zero-order valence-electron chi connectivity index (χ0n) is 14.7. The number of hydrogen-bond acceptors (Lipinski definition) is 4. The number of rotatable bonds is 6. The van der Waals surface area contributed by atoms with Gasteiger partial charge in [-0.25, -0.2) is 13.1 Å². The third kappa shape index (κ3) is 4.43. The van der Waals surface area contributed by atoms with Crippen molar-refractivity contribution in [2.45, 2.75) is 30.6 Å². The first kappa shape index (κ1) is 18.4. The van der Waals surface area contributed by atoms with Crippen molar-refractivity contribution in [1.29, 1.82) is 5.26 Å². The summed E-state index contributed by atoms with van der Waals surface area (Å²) in [5, 5.41) is 9.07. The lowest BCUT2D eigenvalue weighted by Crippen LogP contribution is -2.29. The topological polar surface area (TPSA) is 73.2 Å². The van der Waals surface area contributed by atoms with Crippen molar-refractivity contribution >= 4 is 15.7 Å². The van der Waals surface area contributed by atoms with E-state index in [1.54, 1.807) is 12.1 Å². The van der Waals surface area contributed by atoms with Gasteiger partial charge in [-0.3, -0.25) is 0 Å². The van der Waals surface area contributed by atoms with Gasteiger partial charge in [-0.1, -0.05) is 24.3 Å². The fraction of sp³-hybridized carbons (Fsp3) is 0.350. The minimum absolute atomic E-state index is 0.0305. The standard InChI is InChI=1S/C20H23N3O2S/c21-16-18-6-2-3-7-20(18)26(24,25)22-13-12-17-8-10-19(11-9-17)23-14-4-1-5-15-23/h2-3,6-11,22H,1,4-5,12-15H2. The van der Waals surface area contributed by atoms with Gasteiger partial charge in [-0.2, -0.15) is 5.26 Å². The number of anilines is 1. The first-order valence-electron chi connectivity index (χ1n) is 8.93. The molecule has 6 heteroatoms. The van der Waals surface area contributed by atoms with E-state index in [1.807, 2.05) is 6.07 Å². The van der Waals surface area contributed by atoms with Crippen LogP contribution in [0, 0.1) is 11.3 Å². The Hall–Kier alpha value is -2.36. The van der Waals surface area contributed by atoms with Gasteiger partial charge in [-0.05, 0) is 55.5 Å². The van der Waals surface area contributed by atoms with E-state index in [4.69, 9.17) is 5.26 Å². The molecule has 136 valence electrons. The largest absolute Gasteiger partial charge is 0.372 e. The summed E-state index contributed by atoms with van der Waals surface area (Å²) in [6.07, 6.45) is 4.40. The number of sulfonamides is 1. The Kier molecular flexibility index (Phi) is 5.92. The lowest BCUT2D eigenvalue weighted by atomic mass is 10.1. The highest BCUT2D eigenvalue weighted by Crippen LogP contribution is 2.20. The molecule has 1 saturated heterocycles. The van der Waals surface area contributed by atoms with E-state index in [1.165, 1.54) is 37.1 Å². The Labute approximate surface area is 155 Å². The summed E-state index contributed by atoms with van der Waals surface area (Å²) in [6, 6.07) is 16.5. The van der Waals surface area contributed by atoms with Crippen molar-refractivity contribution in [3.8, 4) is 6.07 Å². The average Bonchev–Trinajstić information content (AvgIpc) is 2.69. The van der Waals surface area contributed by atoms with Crippen LogP contribution in [0.15, 0.2) is 53.4 Å². The molecule has 5 nitrogen and oxygen atoms in total. The molecular weight excluding hydrogens is 346 g/mol. The van der Waals surface area contributed by atoms with Crippen LogP contribution >= 0.6 is 0 Å². The fourth-order valence-electron chi connectivity index (χ4n) is 3.23. The maximum absolute atomic E-state index is 12.4. The predicted octanol–water partition coefficient (Wildman–Crippen LogP) is 3.07. The number of piperidine rings is 1. The molecule has 26 heavy (non-hydrogen) atoms. The van der Waals surface area contributed by atoms with Gasteiger partial charge in [0.25, 0.3) is 0 Å². The van der Waals surface area contributed by atoms with E-state index in [9.17, 15) is 8.42 Å². The van der Waals surface area contributed by atoms with Crippen molar-refractivity contribution in [3.63, 3.8) is 0 Å². The Bertz CT molecular complexity index is 880. The van der Waals surface area contributed by atoms with Gasteiger partial charge in [0, 0.05) is 25.3 Å². The van der Waals surface area contributed by atoms with Gasteiger partial charge in [0.2, 0.25) is 10.0 Å². The van der Waals surface area contributed by atoms with Crippen LogP contribution < -0.4 is 9.62 Å². The van der Waals surface area contributed by atoms with Crippen LogP contribution in [-0.2, 0) is 16.4 Å². The first-order chi connectivity index (χ1) is 12.6. The second kappa shape index (κ2) is 8.35. The van der Waals surface area contributed by atoms with Crippen LogP contribution in [0.25, 0.3) is 0 Å². The highest BCUT2D eigenvalue weighted by Gasteiger charge is 2.17. The van der Waals surface area contributed by atoms with E-state index >= 15 is 0 Å². The molecule has 0 aromatic heterocycles. The molecule has 1 fully saturated rings. The van der Waals surface area contributed by atoms with Crippen molar-refractivity contribution in [3.05, 3.63) is 59.7 Å². The monoisotopic (exact) mass is 369 g/mol. The smallest absolute Gasteiger partial charge is 0.241 e. The van der Waals surface area contributed by atoms with E-state index in [-0.39, 0.29) is 10.5 Å². The molecule has 0 bridgehead atoms. The predicted molar refractivity (Wildman–Crippen MR) is 103 cm³/mol. The van der Waals surface area contributed by atoms with Crippen LogP contribution in [0.5, 0.6) is 0 Å². The second-order valence-corrected chi connectivity index (χ2v) is 8.21. The molecule has 1 aliphatic rings. The Morgan fingerprint density at radius 3 is 2.38 bits per heavy atom. The molecule has 1 N–H and O–H groups in total. The molecule has 0 radical (unpaired) electrons. The van der Waals surface area contributed by atoms with Gasteiger partial charge in [0.05, 0.1) is 10.5 Å². The van der Waals surface area contributed by atoms with Gasteiger partial charge < -0.3 is 4.90 Å². The quantitative estimate of drug-likeness (QED) is 0.849. The van der Waals surface area contributed by atoms with Crippen LogP contribution in [0.2, 0.25) is 0 Å². The normalized spacial score (nSPS) is 14.8. The summed E-state index contributed by atoms with van der Waals surface area (Å²) in [5.41, 5.74) is 2.48. The Balaban J connectivity index is 1.58. The molecule has 0 atom stereocenters. The number of nitrogens with one attached hydrogen (secondary N) is 1. The van der Waals surface area contributed by atoms with Crippen LogP contribution in [0.4, 0.5) is 5.69 Å². The SMILES string of the molecule is N#Cc1ccccc1S(=O)(=O)NCCc1ccc(N2CCCCC2)cc1. The van der Waals surface area contributed by atoms with Gasteiger partial charge in [0.1, 0.15) is 6.07 Å². The van der Waals surface area contributed by atoms with Crippen molar-refractivity contribution in [2.75, 3.05) is 24.5 Å². The summed E-state index contributed by atoms with van der Waals surface area (Å²) < 4.78 is 27.4. The Morgan fingerprint density at radius 1 is 1.00 bits per heavy atom. The summed E-state index contributed by atoms with van der Waals surface area (Å²) in [5.74, 6) is 0. The minimum Gasteiger partial charge on any atom is -0.372 e. The molecule has 3 rings (SSSR count). The maximum Gasteiger partial charge on any atom is 0.241 e. The molecule has 1 heterocycles. The third-order valence-corrected chi connectivity index (χ3v) is 6.18. The van der Waals surface area contributed by atoms with E-state index < -0.39 is 10.0 Å². The van der Waals surface area contributed by atoms with Crippen LogP contribution in [0.1, 0.15) is 30.4 Å². The minimum atomic E-state index is -3.68. The van der Waals surface area contributed by atoms with E-state index in [2.05, 4.69) is 33.9 Å². The molecule has 0 unspecified atom stereocenters. The summed E-state index contributed by atoms with van der Waals surface area (Å²) in [7, 11) is -3.68. The van der Waals surface area contributed by atoms with Gasteiger partial charge in [0.15, 0.2) is 0 Å². The number of nitrogens with zero attached hydrogens (tertiary/aromatic N) is 2. The lowest BCUT2D eigenvalue weighted by molar-refractivity contribution is 0.577. The molecule has 0 saturated carbocycles. The zero-order valence-corrected chi connectivity index (χ0v) is 15.5. The maximum atomic E-state index is 12.4. The molecule has 0 amide bonds. The molecule has 0 aliphatic carbocycles. The van der Waals surface area contributed by atoms with Crippen molar-refractivity contribution in [1.82, 2.24) is 4.72 Å². The Morgan fingerprint density at radius 2 is 1.69 bits per heavy atom. The fourth-order valence-corrected chi connectivity index (χ4v) is 4.41. The van der Waals surface area contributed by atoms with E-state index in [0.29, 0.717) is 13.0 Å². The first-order valence-corrected chi connectivity index (χ1v) is 10.4.